The van der Waals surface area contributed by atoms with E-state index in [0.717, 1.165) is 4.67 Å². The van der Waals surface area contributed by atoms with Crippen LogP contribution in [0.4, 0.5) is 4.79 Å². The molecule has 6 nitrogen and oxygen atoms in total. The highest BCUT2D eigenvalue weighted by Crippen LogP contribution is 2.57. The van der Waals surface area contributed by atoms with E-state index in [1.807, 2.05) is 13.8 Å². The van der Waals surface area contributed by atoms with Crippen LogP contribution >= 0.6 is 7.75 Å². The second kappa shape index (κ2) is 5.19. The summed E-state index contributed by atoms with van der Waals surface area (Å²) >= 11 is 0. The van der Waals surface area contributed by atoms with Gasteiger partial charge in [-0.05, 0) is 26.7 Å². The summed E-state index contributed by atoms with van der Waals surface area (Å²) in [6.07, 6.45) is -0.655. The van der Waals surface area contributed by atoms with Gasteiger partial charge in [-0.1, -0.05) is 13.8 Å². The first-order valence-corrected chi connectivity index (χ1v) is 7.52. The van der Waals surface area contributed by atoms with Gasteiger partial charge in [0, 0.05) is 7.11 Å². The third kappa shape index (κ3) is 2.56. The largest absolute Gasteiger partial charge is 0.441 e. The zero-order valence-corrected chi connectivity index (χ0v) is 12.7. The van der Waals surface area contributed by atoms with Gasteiger partial charge in [-0.3, -0.25) is 9.05 Å². The van der Waals surface area contributed by atoms with E-state index in [1.165, 1.54) is 7.11 Å². The average molecular weight is 279 g/mol. The van der Waals surface area contributed by atoms with Crippen LogP contribution < -0.4 is 0 Å². The molecule has 0 aromatic rings. The van der Waals surface area contributed by atoms with Crippen LogP contribution in [0.2, 0.25) is 0 Å². The Morgan fingerprint density at radius 3 is 2.44 bits per heavy atom. The number of rotatable bonds is 5. The number of hydrogen-bond acceptors (Lipinski definition) is 5. The van der Waals surface area contributed by atoms with Gasteiger partial charge >= 0.3 is 13.8 Å². The molecular formula is C11H22NO5P. The lowest BCUT2D eigenvalue weighted by molar-refractivity contribution is 0.0561. The minimum Gasteiger partial charge on any atom is -0.441 e. The molecule has 1 aliphatic rings. The molecule has 1 rings (SSSR count). The van der Waals surface area contributed by atoms with Gasteiger partial charge in [-0.2, -0.15) is 0 Å². The van der Waals surface area contributed by atoms with Crippen LogP contribution in [0, 0.1) is 5.92 Å². The maximum absolute atomic E-state index is 12.6. The molecule has 106 valence electrons. The molecule has 0 unspecified atom stereocenters. The van der Waals surface area contributed by atoms with Crippen LogP contribution in [0.15, 0.2) is 0 Å². The Morgan fingerprint density at radius 1 is 1.50 bits per heavy atom. The number of carbonyl (C=O) groups excluding carboxylic acids is 1. The summed E-state index contributed by atoms with van der Waals surface area (Å²) in [7, 11) is -2.36. The molecule has 1 saturated heterocycles. The summed E-state index contributed by atoms with van der Waals surface area (Å²) in [6.45, 7) is 9.35. The molecule has 1 fully saturated rings. The monoisotopic (exact) mass is 279 g/mol. The summed E-state index contributed by atoms with van der Waals surface area (Å²) in [5.74, 6) is 0.0652. The molecule has 7 heteroatoms. The number of nitrogens with zero attached hydrogens (tertiary/aromatic N) is 1. The first kappa shape index (κ1) is 15.5. The fourth-order valence-corrected chi connectivity index (χ4v) is 4.27. The molecule has 18 heavy (non-hydrogen) atoms. The van der Waals surface area contributed by atoms with Crippen molar-refractivity contribution in [2.24, 2.45) is 5.92 Å². The van der Waals surface area contributed by atoms with Gasteiger partial charge in [0.05, 0.1) is 12.6 Å². The van der Waals surface area contributed by atoms with E-state index >= 15 is 0 Å². The zero-order valence-electron chi connectivity index (χ0n) is 11.8. The standard InChI is InChI=1S/C11H22NO5P/c1-7-16-18(14,15-6)12-9(8(2)3)11(4,5)17-10(12)13/h8-9H,7H2,1-6H3/t9-,18+/m0/s1. The number of hydrogen-bond donors (Lipinski definition) is 0. The topological polar surface area (TPSA) is 65.1 Å². The molecule has 0 spiro atoms. The van der Waals surface area contributed by atoms with Gasteiger partial charge in [-0.25, -0.2) is 14.0 Å². The maximum Gasteiger partial charge on any atom is 0.440 e. The van der Waals surface area contributed by atoms with Gasteiger partial charge in [0.25, 0.3) is 0 Å². The van der Waals surface area contributed by atoms with Crippen LogP contribution in [-0.4, -0.2) is 36.1 Å². The van der Waals surface area contributed by atoms with Crippen molar-refractivity contribution < 1.29 is 23.1 Å². The Bertz CT molecular complexity index is 368. The highest BCUT2D eigenvalue weighted by atomic mass is 31.2. The molecule has 0 radical (unpaired) electrons. The molecule has 0 aromatic heterocycles. The first-order valence-electron chi connectivity index (χ1n) is 6.02. The van der Waals surface area contributed by atoms with E-state index in [2.05, 4.69) is 0 Å². The summed E-state index contributed by atoms with van der Waals surface area (Å²) in [5, 5.41) is 0. The summed E-state index contributed by atoms with van der Waals surface area (Å²) in [4.78, 5) is 12.0. The van der Waals surface area contributed by atoms with Crippen LogP contribution in [-0.2, 0) is 18.3 Å². The van der Waals surface area contributed by atoms with Crippen molar-refractivity contribution in [1.82, 2.24) is 4.67 Å². The Morgan fingerprint density at radius 2 is 2.06 bits per heavy atom. The normalized spacial score (nSPS) is 26.3. The van der Waals surface area contributed by atoms with Crippen LogP contribution in [0.3, 0.4) is 0 Å². The second-order valence-electron chi connectivity index (χ2n) is 5.07. The molecule has 0 aliphatic carbocycles. The van der Waals surface area contributed by atoms with Crippen LogP contribution in [0.5, 0.6) is 0 Å². The van der Waals surface area contributed by atoms with Crippen LogP contribution in [0.1, 0.15) is 34.6 Å². The average Bonchev–Trinajstić information content (AvgIpc) is 2.48. The fourth-order valence-electron chi connectivity index (χ4n) is 2.44. The Labute approximate surface area is 108 Å². The Kier molecular flexibility index (Phi) is 4.47. The van der Waals surface area contributed by atoms with Gasteiger partial charge in [0.15, 0.2) is 0 Å². The van der Waals surface area contributed by atoms with Crippen molar-refractivity contribution in [3.63, 3.8) is 0 Å². The van der Waals surface area contributed by atoms with E-state index in [1.54, 1.807) is 20.8 Å². The van der Waals surface area contributed by atoms with Crippen LogP contribution in [0.25, 0.3) is 0 Å². The van der Waals surface area contributed by atoms with E-state index in [4.69, 9.17) is 13.8 Å². The summed E-state index contributed by atoms with van der Waals surface area (Å²) < 4.78 is 29.1. The van der Waals surface area contributed by atoms with Gasteiger partial charge in [-0.15, -0.1) is 0 Å². The molecule has 2 atom stereocenters. The minimum absolute atomic E-state index is 0.0652. The van der Waals surface area contributed by atoms with Crippen molar-refractivity contribution in [3.05, 3.63) is 0 Å². The smallest absolute Gasteiger partial charge is 0.440 e. The molecule has 0 bridgehead atoms. The van der Waals surface area contributed by atoms with Crippen molar-refractivity contribution in [3.8, 4) is 0 Å². The summed E-state index contributed by atoms with van der Waals surface area (Å²) in [6, 6.07) is -0.359. The minimum atomic E-state index is -3.64. The van der Waals surface area contributed by atoms with Gasteiger partial charge in [0.1, 0.15) is 5.60 Å². The number of cyclic esters (lactones) is 1. The molecule has 1 aliphatic heterocycles. The van der Waals surface area contributed by atoms with E-state index in [-0.39, 0.29) is 18.6 Å². The van der Waals surface area contributed by atoms with Crippen molar-refractivity contribution >= 4 is 13.8 Å². The fraction of sp³-hybridized carbons (Fsp3) is 0.909. The first-order chi connectivity index (χ1) is 8.19. The molecular weight excluding hydrogens is 257 g/mol. The SMILES string of the molecule is CCO[P@](=O)(OC)N1C(=O)OC(C)(C)[C@@H]1C(C)C. The van der Waals surface area contributed by atoms with Gasteiger partial charge < -0.3 is 4.74 Å². The number of amides is 1. The molecule has 0 aromatic carbocycles. The number of carbonyl (C=O) groups is 1. The summed E-state index contributed by atoms with van der Waals surface area (Å²) in [5.41, 5.74) is -0.726. The van der Waals surface area contributed by atoms with Gasteiger partial charge in [0.2, 0.25) is 0 Å². The maximum atomic E-state index is 12.6. The molecule has 0 N–H and O–H groups in total. The lowest BCUT2D eigenvalue weighted by Gasteiger charge is -2.34. The quantitative estimate of drug-likeness (QED) is 0.724. The predicted molar refractivity (Wildman–Crippen MR) is 67.3 cm³/mol. The third-order valence-corrected chi connectivity index (χ3v) is 4.92. The van der Waals surface area contributed by atoms with Crippen molar-refractivity contribution in [2.75, 3.05) is 13.7 Å². The highest BCUT2D eigenvalue weighted by Gasteiger charge is 2.57. The highest BCUT2D eigenvalue weighted by molar-refractivity contribution is 7.52. The van der Waals surface area contributed by atoms with Crippen molar-refractivity contribution in [2.45, 2.75) is 46.3 Å². The van der Waals surface area contributed by atoms with E-state index in [9.17, 15) is 9.36 Å². The lowest BCUT2D eigenvalue weighted by atomic mass is 9.90. The molecule has 1 amide bonds. The lowest BCUT2D eigenvalue weighted by Crippen LogP contribution is -2.44. The molecule has 1 heterocycles. The van der Waals surface area contributed by atoms with E-state index < -0.39 is 19.4 Å². The van der Waals surface area contributed by atoms with E-state index in [0.29, 0.717) is 0 Å². The Balaban J connectivity index is 3.19. The second-order valence-corrected chi connectivity index (χ2v) is 7.07. The third-order valence-electron chi connectivity index (χ3n) is 2.93. The van der Waals surface area contributed by atoms with Crippen molar-refractivity contribution in [1.29, 1.82) is 0 Å². The Hall–Kier alpha value is -0.580. The predicted octanol–water partition coefficient (Wildman–Crippen LogP) is 3.03. The molecule has 0 saturated carbocycles. The number of ether oxygens (including phenoxy) is 1. The zero-order chi connectivity index (χ0) is 14.1.